The number of carboxylic acid groups (broad SMARTS) is 1. The van der Waals surface area contributed by atoms with Crippen LogP contribution in [0, 0.1) is 0 Å². The summed E-state index contributed by atoms with van der Waals surface area (Å²) in [6, 6.07) is -0.718. The van der Waals surface area contributed by atoms with Crippen LogP contribution in [0.2, 0.25) is 0 Å². The molecule has 0 aromatic rings. The molecule has 0 amide bonds. The first kappa shape index (κ1) is 51.3. The molecule has 0 bridgehead atoms. The van der Waals surface area contributed by atoms with Crippen LogP contribution in [0.3, 0.4) is 0 Å². The van der Waals surface area contributed by atoms with Gasteiger partial charge in [-0.05, 0) is 12.8 Å². The van der Waals surface area contributed by atoms with E-state index in [9.17, 15) is 19.5 Å². The van der Waals surface area contributed by atoms with Crippen molar-refractivity contribution < 1.29 is 38.2 Å². The molecule has 0 saturated heterocycles. The highest BCUT2D eigenvalue weighted by Crippen LogP contribution is 2.16. The van der Waals surface area contributed by atoms with Gasteiger partial charge in [0.1, 0.15) is 12.6 Å². The van der Waals surface area contributed by atoms with Gasteiger partial charge in [-0.25, -0.2) is 0 Å². The number of aliphatic carboxylic acids is 1. The predicted molar refractivity (Wildman–Crippen MR) is 218 cm³/mol. The third kappa shape index (κ3) is 35.8. The number of unbranched alkanes of at least 4 members (excludes halogenated alkanes) is 27. The van der Waals surface area contributed by atoms with Crippen molar-refractivity contribution in [2.24, 2.45) is 0 Å². The maximum absolute atomic E-state index is 12.7. The minimum absolute atomic E-state index is 0.0492. The Morgan fingerprint density at radius 3 is 1.17 bits per heavy atom. The van der Waals surface area contributed by atoms with Crippen molar-refractivity contribution in [1.82, 2.24) is 0 Å². The molecule has 0 fully saturated rings. The first-order valence-corrected chi connectivity index (χ1v) is 22.6. The number of rotatable bonds is 41. The summed E-state index contributed by atoms with van der Waals surface area (Å²) in [6.07, 6.45) is 36.9. The first-order valence-electron chi connectivity index (χ1n) is 22.6. The lowest BCUT2D eigenvalue weighted by atomic mass is 10.0. The Labute approximate surface area is 327 Å². The molecule has 0 rings (SSSR count). The van der Waals surface area contributed by atoms with E-state index >= 15 is 0 Å². The van der Waals surface area contributed by atoms with Crippen molar-refractivity contribution in [3.63, 3.8) is 0 Å². The molecule has 0 radical (unpaired) electrons. The SMILES string of the molecule is CCCCCCCCCCCCCCCCCCC(=O)OCC(COCCC(C(=O)[O-])[N+](C)(C)C)OC(=O)CCCCCCCCCCCCCCC. The molecule has 0 heterocycles. The van der Waals surface area contributed by atoms with E-state index in [2.05, 4.69) is 13.8 Å². The van der Waals surface area contributed by atoms with Crippen LogP contribution in [-0.2, 0) is 28.6 Å². The second-order valence-corrected chi connectivity index (χ2v) is 16.7. The summed E-state index contributed by atoms with van der Waals surface area (Å²) in [7, 11) is 5.42. The van der Waals surface area contributed by atoms with E-state index < -0.39 is 18.1 Å². The summed E-state index contributed by atoms with van der Waals surface area (Å²) in [5, 5.41) is 11.6. The van der Waals surface area contributed by atoms with Crippen molar-refractivity contribution in [3.8, 4) is 0 Å². The fourth-order valence-electron chi connectivity index (χ4n) is 6.95. The predicted octanol–water partition coefficient (Wildman–Crippen LogP) is 10.8. The van der Waals surface area contributed by atoms with E-state index in [1.54, 1.807) is 21.1 Å². The van der Waals surface area contributed by atoms with Gasteiger partial charge in [0.2, 0.25) is 0 Å². The molecule has 2 atom stereocenters. The van der Waals surface area contributed by atoms with Crippen LogP contribution in [0.25, 0.3) is 0 Å². The molecule has 0 aliphatic rings. The van der Waals surface area contributed by atoms with Crippen LogP contribution in [0.4, 0.5) is 0 Å². The van der Waals surface area contributed by atoms with E-state index in [-0.39, 0.29) is 42.7 Å². The van der Waals surface area contributed by atoms with Gasteiger partial charge in [0.05, 0.1) is 40.3 Å². The molecule has 0 aromatic carbocycles. The van der Waals surface area contributed by atoms with Crippen LogP contribution in [0.1, 0.15) is 219 Å². The fourth-order valence-corrected chi connectivity index (χ4v) is 6.95. The van der Waals surface area contributed by atoms with Gasteiger partial charge in [0.15, 0.2) is 6.10 Å². The monoisotopic (exact) mass is 754 g/mol. The van der Waals surface area contributed by atoms with Crippen molar-refractivity contribution >= 4 is 17.9 Å². The molecule has 0 aromatic heterocycles. The first-order chi connectivity index (χ1) is 25.6. The molecule has 8 heteroatoms. The second-order valence-electron chi connectivity index (χ2n) is 16.7. The number of quaternary nitrogens is 1. The summed E-state index contributed by atoms with van der Waals surface area (Å²) in [4.78, 5) is 36.8. The quantitative estimate of drug-likeness (QED) is 0.0348. The molecule has 0 aliphatic carbocycles. The van der Waals surface area contributed by atoms with Crippen molar-refractivity contribution in [1.29, 1.82) is 0 Å². The highest BCUT2D eigenvalue weighted by atomic mass is 16.6. The van der Waals surface area contributed by atoms with E-state index in [4.69, 9.17) is 14.2 Å². The minimum atomic E-state index is -1.12. The van der Waals surface area contributed by atoms with Crippen molar-refractivity contribution in [2.75, 3.05) is 41.0 Å². The van der Waals surface area contributed by atoms with Gasteiger partial charge in [-0.2, -0.15) is 0 Å². The summed E-state index contributed by atoms with van der Waals surface area (Å²) in [5.41, 5.74) is 0. The van der Waals surface area contributed by atoms with E-state index in [1.165, 1.54) is 148 Å². The van der Waals surface area contributed by atoms with Crippen molar-refractivity contribution in [3.05, 3.63) is 0 Å². The summed E-state index contributed by atoms with van der Waals surface area (Å²) in [6.45, 7) is 4.70. The molecule has 0 saturated carbocycles. The molecule has 314 valence electrons. The van der Waals surface area contributed by atoms with Gasteiger partial charge in [-0.1, -0.05) is 187 Å². The topological polar surface area (TPSA) is 102 Å². The van der Waals surface area contributed by atoms with Crippen LogP contribution in [-0.4, -0.2) is 75.5 Å². The molecule has 0 N–H and O–H groups in total. The zero-order chi connectivity index (χ0) is 39.3. The fraction of sp³-hybridized carbons (Fsp3) is 0.933. The maximum atomic E-state index is 12.7. The number of likely N-dealkylation sites (N-methyl/N-ethyl adjacent to an activating group) is 1. The van der Waals surface area contributed by atoms with Gasteiger partial charge in [-0.3, -0.25) is 9.59 Å². The number of ether oxygens (including phenoxy) is 3. The standard InChI is InChI=1S/C45H87NO7/c1-6-8-10-12-14-16-18-20-21-22-24-25-27-29-31-33-35-43(47)52-40-41(39-51-38-37-42(45(49)50)46(3,4)5)53-44(48)36-34-32-30-28-26-23-19-17-15-13-11-9-7-2/h41-42H,6-40H2,1-5H3. The molecule has 8 nitrogen and oxygen atoms in total. The van der Waals surface area contributed by atoms with E-state index in [1.807, 2.05) is 0 Å². The Bertz CT molecular complexity index is 843. The Morgan fingerprint density at radius 1 is 0.491 bits per heavy atom. The summed E-state index contributed by atoms with van der Waals surface area (Å²) < 4.78 is 17.2. The largest absolute Gasteiger partial charge is 0.544 e. The third-order valence-electron chi connectivity index (χ3n) is 10.5. The third-order valence-corrected chi connectivity index (χ3v) is 10.5. The average molecular weight is 754 g/mol. The van der Waals surface area contributed by atoms with Crippen molar-refractivity contribution in [2.45, 2.75) is 231 Å². The number of carbonyl (C=O) groups is 3. The minimum Gasteiger partial charge on any atom is -0.544 e. The van der Waals surface area contributed by atoms with Crippen LogP contribution < -0.4 is 5.11 Å². The summed E-state index contributed by atoms with van der Waals surface area (Å²) >= 11 is 0. The smallest absolute Gasteiger partial charge is 0.306 e. The molecule has 0 aliphatic heterocycles. The lowest BCUT2D eigenvalue weighted by molar-refractivity contribution is -0.889. The zero-order valence-corrected chi connectivity index (χ0v) is 35.7. The van der Waals surface area contributed by atoms with E-state index in [0.29, 0.717) is 12.8 Å². The summed E-state index contributed by atoms with van der Waals surface area (Å²) in [5.74, 6) is -1.71. The van der Waals surface area contributed by atoms with E-state index in [0.717, 1.165) is 38.5 Å². The Balaban J connectivity index is 4.27. The lowest BCUT2D eigenvalue weighted by Gasteiger charge is -2.34. The number of carboxylic acids is 1. The highest BCUT2D eigenvalue weighted by Gasteiger charge is 2.25. The highest BCUT2D eigenvalue weighted by molar-refractivity contribution is 5.70. The number of hydrogen-bond acceptors (Lipinski definition) is 7. The number of esters is 2. The Kier molecular flexibility index (Phi) is 36.1. The van der Waals surface area contributed by atoms with Gasteiger partial charge >= 0.3 is 11.9 Å². The van der Waals surface area contributed by atoms with Gasteiger partial charge in [0.25, 0.3) is 0 Å². The average Bonchev–Trinajstić information content (AvgIpc) is 3.11. The molecule has 2 unspecified atom stereocenters. The second kappa shape index (κ2) is 37.3. The van der Waals surface area contributed by atoms with Gasteiger partial charge in [0, 0.05) is 19.3 Å². The number of nitrogens with zero attached hydrogens (tertiary/aromatic N) is 1. The molecule has 53 heavy (non-hydrogen) atoms. The molecule has 0 spiro atoms. The normalized spacial score (nSPS) is 12.8. The van der Waals surface area contributed by atoms with Gasteiger partial charge < -0.3 is 28.6 Å². The maximum Gasteiger partial charge on any atom is 0.306 e. The Hall–Kier alpha value is -1.67. The Morgan fingerprint density at radius 2 is 0.830 bits per heavy atom. The number of carbonyl (C=O) groups excluding carboxylic acids is 3. The zero-order valence-electron chi connectivity index (χ0n) is 35.7. The van der Waals surface area contributed by atoms with Crippen LogP contribution in [0.5, 0.6) is 0 Å². The van der Waals surface area contributed by atoms with Crippen LogP contribution in [0.15, 0.2) is 0 Å². The molecular weight excluding hydrogens is 666 g/mol. The van der Waals surface area contributed by atoms with Gasteiger partial charge in [-0.15, -0.1) is 0 Å². The number of hydrogen-bond donors (Lipinski definition) is 0. The molecular formula is C45H87NO7. The lowest BCUT2D eigenvalue weighted by Crippen LogP contribution is -2.55. The van der Waals surface area contributed by atoms with Crippen LogP contribution >= 0.6 is 0 Å².